The quantitative estimate of drug-likeness (QED) is 0.523. The molecule has 2 aromatic rings. The van der Waals surface area contributed by atoms with Crippen molar-refractivity contribution in [3.63, 3.8) is 0 Å². The van der Waals surface area contributed by atoms with Gasteiger partial charge in [0, 0.05) is 26.7 Å². The summed E-state index contributed by atoms with van der Waals surface area (Å²) >= 11 is 0. The maximum atomic E-state index is 14.1. The molecule has 0 radical (unpaired) electrons. The fourth-order valence-electron chi connectivity index (χ4n) is 6.22. The average molecular weight is 638 g/mol. The van der Waals surface area contributed by atoms with E-state index in [1.165, 1.54) is 4.90 Å². The van der Waals surface area contributed by atoms with Crippen LogP contribution in [0.15, 0.2) is 30.5 Å². The number of amides is 4. The number of aryl methyl sites for hydroxylation is 1. The van der Waals surface area contributed by atoms with Gasteiger partial charge in [0.2, 0.25) is 17.7 Å². The summed E-state index contributed by atoms with van der Waals surface area (Å²) in [7, 11) is 1.67. The molecule has 0 spiro atoms. The largest absolute Gasteiger partial charge is 0.486 e. The van der Waals surface area contributed by atoms with Crippen LogP contribution >= 0.6 is 0 Å². The summed E-state index contributed by atoms with van der Waals surface area (Å²) in [6.45, 7) is 9.84. The Labute approximate surface area is 272 Å². The predicted molar refractivity (Wildman–Crippen MR) is 174 cm³/mol. The molecule has 0 saturated carbocycles. The lowest BCUT2D eigenvalue weighted by Gasteiger charge is -2.35. The molecule has 1 aromatic carbocycles. The number of likely N-dealkylation sites (N-methyl/N-ethyl adjacent to an activating group) is 1. The third-order valence-corrected chi connectivity index (χ3v) is 8.65. The van der Waals surface area contributed by atoms with E-state index in [0.29, 0.717) is 62.3 Å². The highest BCUT2D eigenvalue weighted by Gasteiger charge is 2.41. The van der Waals surface area contributed by atoms with Crippen LogP contribution in [-0.2, 0) is 27.5 Å². The van der Waals surface area contributed by atoms with Gasteiger partial charge in [-0.25, -0.2) is 0 Å². The van der Waals surface area contributed by atoms with Gasteiger partial charge in [0.05, 0.1) is 11.8 Å². The van der Waals surface area contributed by atoms with Crippen LogP contribution in [0.4, 0.5) is 0 Å². The Morgan fingerprint density at radius 3 is 2.41 bits per heavy atom. The molecule has 3 atom stereocenters. The summed E-state index contributed by atoms with van der Waals surface area (Å²) in [6, 6.07) is 4.76. The minimum Gasteiger partial charge on any atom is -0.486 e. The molecule has 2 bridgehead atoms. The zero-order chi connectivity index (χ0) is 33.2. The SMILES string of the molecule is CC(C)C[C@H]1NC(=O)c2ccccc2OCc2cn(nn2)CCCCCCNC(=O)[C@H](CC(C)C)N(C)C(=O)[C@H]2CCCN2C1=O. The molecule has 1 aromatic heterocycles. The molecule has 2 N–H and O–H groups in total. The first-order valence-electron chi connectivity index (χ1n) is 16.8. The van der Waals surface area contributed by atoms with Crippen molar-refractivity contribution in [1.29, 1.82) is 0 Å². The van der Waals surface area contributed by atoms with Gasteiger partial charge in [-0.1, -0.05) is 57.9 Å². The van der Waals surface area contributed by atoms with Crippen LogP contribution in [0, 0.1) is 11.8 Å². The van der Waals surface area contributed by atoms with E-state index in [4.69, 9.17) is 4.74 Å². The number of rotatable bonds is 4. The van der Waals surface area contributed by atoms with Gasteiger partial charge in [-0.15, -0.1) is 5.10 Å². The third kappa shape index (κ3) is 9.29. The topological polar surface area (TPSA) is 139 Å². The molecule has 4 amide bonds. The van der Waals surface area contributed by atoms with Crippen molar-refractivity contribution < 1.29 is 23.9 Å². The van der Waals surface area contributed by atoms with Gasteiger partial charge >= 0.3 is 0 Å². The number of carbonyl (C=O) groups is 4. The van der Waals surface area contributed by atoms with E-state index in [1.54, 1.807) is 40.9 Å². The van der Waals surface area contributed by atoms with E-state index in [2.05, 4.69) is 20.9 Å². The number of fused-ring (bicyclic) bond motifs is 4. The molecule has 252 valence electrons. The molecule has 0 unspecified atom stereocenters. The van der Waals surface area contributed by atoms with Crippen molar-refractivity contribution in [1.82, 2.24) is 35.4 Å². The van der Waals surface area contributed by atoms with E-state index in [0.717, 1.165) is 25.7 Å². The second kappa shape index (κ2) is 16.6. The fraction of sp³-hybridized carbons (Fsp3) is 0.647. The Balaban J connectivity index is 1.61. The summed E-state index contributed by atoms with van der Waals surface area (Å²) in [6.07, 6.45) is 7.62. The fourth-order valence-corrected chi connectivity index (χ4v) is 6.22. The van der Waals surface area contributed by atoms with Crippen LogP contribution in [0.5, 0.6) is 5.75 Å². The van der Waals surface area contributed by atoms with Gasteiger partial charge in [-0.05, 0) is 62.5 Å². The molecule has 12 nitrogen and oxygen atoms in total. The van der Waals surface area contributed by atoms with Crippen molar-refractivity contribution in [3.05, 3.63) is 41.7 Å². The maximum absolute atomic E-state index is 14.1. The second-order valence-corrected chi connectivity index (χ2v) is 13.4. The Morgan fingerprint density at radius 1 is 0.913 bits per heavy atom. The highest BCUT2D eigenvalue weighted by molar-refractivity contribution is 6.00. The first kappa shape index (κ1) is 34.9. The summed E-state index contributed by atoms with van der Waals surface area (Å²) in [5, 5.41) is 14.4. The van der Waals surface area contributed by atoms with Gasteiger partial charge < -0.3 is 25.2 Å². The van der Waals surface area contributed by atoms with Crippen LogP contribution in [0.1, 0.15) is 95.1 Å². The Morgan fingerprint density at radius 2 is 1.65 bits per heavy atom. The van der Waals surface area contributed by atoms with E-state index in [1.807, 2.05) is 33.9 Å². The Hall–Kier alpha value is -3.96. The molecule has 2 aliphatic heterocycles. The average Bonchev–Trinajstić information content (AvgIpc) is 3.70. The van der Waals surface area contributed by atoms with Gasteiger partial charge in [0.25, 0.3) is 5.91 Å². The molecule has 2 aliphatic rings. The van der Waals surface area contributed by atoms with E-state index < -0.39 is 24.0 Å². The number of nitrogens with zero attached hydrogens (tertiary/aromatic N) is 5. The summed E-state index contributed by atoms with van der Waals surface area (Å²) in [5.41, 5.74) is 0.952. The number of benzene rings is 1. The lowest BCUT2D eigenvalue weighted by atomic mass is 10.00. The third-order valence-electron chi connectivity index (χ3n) is 8.65. The summed E-state index contributed by atoms with van der Waals surface area (Å²) in [5.74, 6) is -0.464. The number of aromatic nitrogens is 3. The van der Waals surface area contributed by atoms with Crippen LogP contribution < -0.4 is 15.4 Å². The number of hydrogen-bond acceptors (Lipinski definition) is 7. The van der Waals surface area contributed by atoms with Gasteiger partial charge in [-0.2, -0.15) is 0 Å². The van der Waals surface area contributed by atoms with Gasteiger partial charge in [0.1, 0.15) is 36.2 Å². The Bertz CT molecular complexity index is 1340. The van der Waals surface area contributed by atoms with Crippen molar-refractivity contribution in [3.8, 4) is 5.75 Å². The van der Waals surface area contributed by atoms with Crippen molar-refractivity contribution in [2.45, 2.75) is 110 Å². The maximum Gasteiger partial charge on any atom is 0.255 e. The minimum atomic E-state index is -0.834. The second-order valence-electron chi connectivity index (χ2n) is 13.4. The minimum absolute atomic E-state index is 0.105. The predicted octanol–water partition coefficient (Wildman–Crippen LogP) is 3.56. The van der Waals surface area contributed by atoms with Crippen LogP contribution in [0.2, 0.25) is 0 Å². The van der Waals surface area contributed by atoms with Crippen LogP contribution in [0.25, 0.3) is 0 Å². The molecule has 4 rings (SSSR count). The number of hydrogen-bond donors (Lipinski definition) is 2. The number of para-hydroxylation sites is 1. The highest BCUT2D eigenvalue weighted by atomic mass is 16.5. The number of ether oxygens (including phenoxy) is 1. The van der Waals surface area contributed by atoms with E-state index >= 15 is 0 Å². The molecule has 3 heterocycles. The summed E-state index contributed by atoms with van der Waals surface area (Å²) in [4.78, 5) is 58.2. The monoisotopic (exact) mass is 637 g/mol. The number of carbonyl (C=O) groups excluding carboxylic acids is 4. The molecule has 46 heavy (non-hydrogen) atoms. The first-order chi connectivity index (χ1) is 22.0. The molecule has 12 heteroatoms. The molecule has 0 aliphatic carbocycles. The number of nitrogens with one attached hydrogen (secondary N) is 2. The molecular weight excluding hydrogens is 586 g/mol. The lowest BCUT2D eigenvalue weighted by Crippen LogP contribution is -2.57. The van der Waals surface area contributed by atoms with Crippen LogP contribution in [0.3, 0.4) is 0 Å². The van der Waals surface area contributed by atoms with E-state index in [9.17, 15) is 19.2 Å². The normalized spacial score (nSPS) is 23.0. The summed E-state index contributed by atoms with van der Waals surface area (Å²) < 4.78 is 7.81. The smallest absolute Gasteiger partial charge is 0.255 e. The molecular formula is C34H51N7O5. The van der Waals surface area contributed by atoms with Crippen molar-refractivity contribution in [2.75, 3.05) is 20.1 Å². The molecule has 1 saturated heterocycles. The van der Waals surface area contributed by atoms with Crippen LogP contribution in [-0.4, -0.2) is 86.7 Å². The highest BCUT2D eigenvalue weighted by Crippen LogP contribution is 2.25. The zero-order valence-electron chi connectivity index (χ0n) is 28.0. The van der Waals surface area contributed by atoms with Crippen molar-refractivity contribution in [2.24, 2.45) is 11.8 Å². The van der Waals surface area contributed by atoms with Crippen molar-refractivity contribution >= 4 is 23.6 Å². The lowest BCUT2D eigenvalue weighted by molar-refractivity contribution is -0.148. The van der Waals surface area contributed by atoms with Gasteiger partial charge in [0.15, 0.2) is 0 Å². The zero-order valence-corrected chi connectivity index (χ0v) is 28.0. The molecule has 1 fully saturated rings. The van der Waals surface area contributed by atoms with Gasteiger partial charge in [-0.3, -0.25) is 23.9 Å². The van der Waals surface area contributed by atoms with E-state index in [-0.39, 0.29) is 36.2 Å². The standard InChI is InChI=1S/C34H51N7O5/c1-23(2)19-27-33(44)41-18-12-14-28(41)34(45)39(5)29(20-24(3)4)32(43)35-16-10-6-7-11-17-40-21-25(37-38-40)22-46-30-15-9-8-13-26(30)31(42)36-27/h8-9,13,15,21,23-24,27-29H,6-7,10-12,14,16-20,22H2,1-5H3,(H,35,43)(H,36,42)/t27-,28-,29+/m1/s1. The first-order valence-corrected chi connectivity index (χ1v) is 16.8. The Kier molecular flexibility index (Phi) is 12.6.